The van der Waals surface area contributed by atoms with Gasteiger partial charge in [-0.3, -0.25) is 9.59 Å². The van der Waals surface area contributed by atoms with Gasteiger partial charge in [0.05, 0.1) is 32.8 Å². The lowest BCUT2D eigenvalue weighted by atomic mass is 10.1. The zero-order valence-corrected chi connectivity index (χ0v) is 16.5. The Morgan fingerprint density at radius 2 is 1.76 bits per heavy atom. The Balaban J connectivity index is 1.55. The lowest BCUT2D eigenvalue weighted by Gasteiger charge is -2.10. The second-order valence-electron chi connectivity index (χ2n) is 6.43. The molecule has 1 aromatic heterocycles. The highest BCUT2D eigenvalue weighted by Crippen LogP contribution is 2.31. The van der Waals surface area contributed by atoms with Crippen molar-refractivity contribution in [1.29, 1.82) is 0 Å². The van der Waals surface area contributed by atoms with Crippen LogP contribution in [0, 0.1) is 0 Å². The summed E-state index contributed by atoms with van der Waals surface area (Å²) in [4.78, 5) is 27.2. The van der Waals surface area contributed by atoms with Crippen molar-refractivity contribution in [3.05, 3.63) is 64.4 Å². The van der Waals surface area contributed by atoms with E-state index in [1.54, 1.807) is 26.4 Å². The van der Waals surface area contributed by atoms with E-state index < -0.39 is 0 Å². The number of benzene rings is 2. The van der Waals surface area contributed by atoms with Crippen LogP contribution in [0.2, 0.25) is 0 Å². The number of amides is 1. The maximum absolute atomic E-state index is 12.3. The van der Waals surface area contributed by atoms with Crippen LogP contribution in [0.15, 0.2) is 53.3 Å². The van der Waals surface area contributed by atoms with Gasteiger partial charge in [-0.2, -0.15) is 0 Å². The standard InChI is InChI=1S/C22H24N2O5/c1-27-19-13-16-12-15(22(26)24-18(16)14-20(19)28-2)8-10-23-21(25)9-11-29-17-6-4-3-5-7-17/h3-7,12-14H,8-11H2,1-2H3,(H,23,25)(H,24,26). The molecule has 0 spiro atoms. The minimum absolute atomic E-state index is 0.121. The fourth-order valence-corrected chi connectivity index (χ4v) is 2.97. The summed E-state index contributed by atoms with van der Waals surface area (Å²) in [6, 6.07) is 14.7. The first-order valence-corrected chi connectivity index (χ1v) is 9.33. The molecule has 7 heteroatoms. The van der Waals surface area contributed by atoms with Crippen LogP contribution in [0.1, 0.15) is 12.0 Å². The normalized spacial score (nSPS) is 10.6. The SMILES string of the molecule is COc1cc2cc(CCNC(=O)CCOc3ccccc3)c(=O)[nH]c2cc1OC. The highest BCUT2D eigenvalue weighted by Gasteiger charge is 2.10. The van der Waals surface area contributed by atoms with Gasteiger partial charge in [0.2, 0.25) is 5.91 Å². The summed E-state index contributed by atoms with van der Waals surface area (Å²) in [5, 5.41) is 3.65. The van der Waals surface area contributed by atoms with Gasteiger partial charge < -0.3 is 24.5 Å². The lowest BCUT2D eigenvalue weighted by molar-refractivity contribution is -0.121. The van der Waals surface area contributed by atoms with Crippen LogP contribution >= 0.6 is 0 Å². The number of aromatic nitrogens is 1. The number of fused-ring (bicyclic) bond motifs is 1. The van der Waals surface area contributed by atoms with Gasteiger partial charge in [0.25, 0.3) is 5.56 Å². The van der Waals surface area contributed by atoms with Gasteiger partial charge in [-0.15, -0.1) is 0 Å². The van der Waals surface area contributed by atoms with Gasteiger partial charge >= 0.3 is 0 Å². The second kappa shape index (κ2) is 9.64. The zero-order valence-electron chi connectivity index (χ0n) is 16.5. The number of methoxy groups -OCH3 is 2. The predicted octanol–water partition coefficient (Wildman–Crippen LogP) is 2.67. The monoisotopic (exact) mass is 396 g/mol. The number of hydrogen-bond acceptors (Lipinski definition) is 5. The quantitative estimate of drug-likeness (QED) is 0.580. The Morgan fingerprint density at radius 1 is 1.03 bits per heavy atom. The summed E-state index contributed by atoms with van der Waals surface area (Å²) >= 11 is 0. The Kier molecular flexibility index (Phi) is 6.73. The predicted molar refractivity (Wildman–Crippen MR) is 111 cm³/mol. The number of carbonyl (C=O) groups excluding carboxylic acids is 1. The van der Waals surface area contributed by atoms with Crippen molar-refractivity contribution >= 4 is 16.8 Å². The van der Waals surface area contributed by atoms with E-state index in [-0.39, 0.29) is 17.9 Å². The van der Waals surface area contributed by atoms with Crippen LogP contribution in [0.4, 0.5) is 0 Å². The van der Waals surface area contributed by atoms with Crippen LogP contribution in [0.5, 0.6) is 17.2 Å². The average Bonchev–Trinajstić information content (AvgIpc) is 2.74. The number of pyridine rings is 1. The van der Waals surface area contributed by atoms with Crippen LogP contribution < -0.4 is 25.1 Å². The largest absolute Gasteiger partial charge is 0.493 e. The molecule has 2 N–H and O–H groups in total. The van der Waals surface area contributed by atoms with Gasteiger partial charge in [-0.05, 0) is 30.7 Å². The van der Waals surface area contributed by atoms with Crippen molar-refractivity contribution in [3.63, 3.8) is 0 Å². The molecule has 3 aromatic rings. The first-order chi connectivity index (χ1) is 14.1. The molecular formula is C22H24N2O5. The summed E-state index contributed by atoms with van der Waals surface area (Å²) in [5.74, 6) is 1.75. The summed E-state index contributed by atoms with van der Waals surface area (Å²) in [7, 11) is 3.11. The molecule has 0 saturated carbocycles. The molecule has 1 amide bonds. The Bertz CT molecular complexity index is 1030. The van der Waals surface area contributed by atoms with E-state index in [4.69, 9.17) is 14.2 Å². The molecule has 7 nitrogen and oxygen atoms in total. The Hall–Kier alpha value is -3.48. The van der Waals surface area contributed by atoms with Crippen LogP contribution in [-0.2, 0) is 11.2 Å². The van der Waals surface area contributed by atoms with Crippen LogP contribution in [0.25, 0.3) is 10.9 Å². The molecule has 29 heavy (non-hydrogen) atoms. The number of carbonyl (C=O) groups is 1. The highest BCUT2D eigenvalue weighted by molar-refractivity contribution is 5.83. The van der Waals surface area contributed by atoms with Crippen molar-refractivity contribution in [2.24, 2.45) is 0 Å². The average molecular weight is 396 g/mol. The summed E-state index contributed by atoms with van der Waals surface area (Å²) < 4.78 is 16.1. The van der Waals surface area contributed by atoms with E-state index in [2.05, 4.69) is 10.3 Å². The molecule has 2 aromatic carbocycles. The first kappa shape index (κ1) is 20.3. The number of aromatic amines is 1. The summed E-state index contributed by atoms with van der Waals surface area (Å²) in [5.41, 5.74) is 1.07. The van der Waals surface area contributed by atoms with Gasteiger partial charge in [0.15, 0.2) is 11.5 Å². The molecule has 0 aliphatic rings. The molecule has 152 valence electrons. The van der Waals surface area contributed by atoms with Crippen molar-refractivity contribution in [1.82, 2.24) is 10.3 Å². The molecule has 0 fully saturated rings. The van der Waals surface area contributed by atoms with Crippen LogP contribution in [0.3, 0.4) is 0 Å². The molecule has 0 aliphatic carbocycles. The van der Waals surface area contributed by atoms with E-state index in [1.807, 2.05) is 36.4 Å². The van der Waals surface area contributed by atoms with E-state index >= 15 is 0 Å². The number of ether oxygens (including phenoxy) is 3. The molecule has 0 bridgehead atoms. The summed E-state index contributed by atoms with van der Waals surface area (Å²) in [6.07, 6.45) is 0.671. The van der Waals surface area contributed by atoms with Crippen LogP contribution in [-0.4, -0.2) is 38.3 Å². The molecule has 0 atom stereocenters. The zero-order chi connectivity index (χ0) is 20.6. The minimum Gasteiger partial charge on any atom is -0.493 e. The highest BCUT2D eigenvalue weighted by atomic mass is 16.5. The number of para-hydroxylation sites is 1. The smallest absolute Gasteiger partial charge is 0.251 e. The molecule has 3 rings (SSSR count). The number of hydrogen-bond donors (Lipinski definition) is 2. The number of rotatable bonds is 9. The topological polar surface area (TPSA) is 89.6 Å². The Morgan fingerprint density at radius 3 is 2.48 bits per heavy atom. The van der Waals surface area contributed by atoms with E-state index in [1.165, 1.54) is 0 Å². The summed E-state index contributed by atoms with van der Waals surface area (Å²) in [6.45, 7) is 0.667. The third-order valence-corrected chi connectivity index (χ3v) is 4.48. The van der Waals surface area contributed by atoms with Crippen molar-refractivity contribution in [3.8, 4) is 17.2 Å². The molecule has 1 heterocycles. The minimum atomic E-state index is -0.189. The van der Waals surface area contributed by atoms with E-state index in [0.29, 0.717) is 42.2 Å². The molecule has 0 unspecified atom stereocenters. The lowest BCUT2D eigenvalue weighted by Crippen LogP contribution is -2.28. The van der Waals surface area contributed by atoms with Crippen molar-refractivity contribution in [2.75, 3.05) is 27.4 Å². The molecule has 0 radical (unpaired) electrons. The second-order valence-corrected chi connectivity index (χ2v) is 6.43. The van der Waals surface area contributed by atoms with E-state index in [9.17, 15) is 9.59 Å². The maximum Gasteiger partial charge on any atom is 0.251 e. The number of nitrogens with one attached hydrogen (secondary N) is 2. The fraction of sp³-hybridized carbons (Fsp3) is 0.273. The molecule has 0 aliphatic heterocycles. The molecular weight excluding hydrogens is 372 g/mol. The van der Waals surface area contributed by atoms with Crippen molar-refractivity contribution in [2.45, 2.75) is 12.8 Å². The van der Waals surface area contributed by atoms with Gasteiger partial charge in [-0.1, -0.05) is 18.2 Å². The Labute approximate surface area is 168 Å². The maximum atomic E-state index is 12.3. The van der Waals surface area contributed by atoms with Crippen molar-refractivity contribution < 1.29 is 19.0 Å². The van der Waals surface area contributed by atoms with E-state index in [0.717, 1.165) is 11.1 Å². The van der Waals surface area contributed by atoms with Gasteiger partial charge in [0.1, 0.15) is 5.75 Å². The third kappa shape index (κ3) is 5.28. The van der Waals surface area contributed by atoms with Gasteiger partial charge in [-0.25, -0.2) is 0 Å². The van der Waals surface area contributed by atoms with Gasteiger partial charge in [0, 0.05) is 23.6 Å². The fourth-order valence-electron chi connectivity index (χ4n) is 2.97. The third-order valence-electron chi connectivity index (χ3n) is 4.48. The molecule has 0 saturated heterocycles. The first-order valence-electron chi connectivity index (χ1n) is 9.33. The number of H-pyrrole nitrogens is 1.